The largest absolute Gasteiger partial charge is 0.338 e. The Hall–Kier alpha value is -3.12. The van der Waals surface area contributed by atoms with Gasteiger partial charge in [0.2, 0.25) is 0 Å². The Balaban J connectivity index is 1.72. The normalized spacial score (nSPS) is 11.5. The number of nitrogens with zero attached hydrogens (tertiary/aromatic N) is 3. The van der Waals surface area contributed by atoms with Gasteiger partial charge in [0.05, 0.1) is 26.8 Å². The quantitative estimate of drug-likeness (QED) is 0.462. The monoisotopic (exact) mass is 360 g/mol. The second kappa shape index (κ2) is 5.71. The van der Waals surface area contributed by atoms with E-state index in [1.165, 1.54) is 6.07 Å². The zero-order chi connectivity index (χ0) is 17.7. The van der Waals surface area contributed by atoms with Crippen LogP contribution in [-0.4, -0.2) is 19.9 Å². The number of hydrogen-bond donors (Lipinski definition) is 1. The van der Waals surface area contributed by atoms with Crippen LogP contribution in [-0.2, 0) is 0 Å². The molecule has 0 aliphatic heterocycles. The van der Waals surface area contributed by atoms with Crippen molar-refractivity contribution in [2.75, 3.05) is 0 Å². The lowest BCUT2D eigenvalue weighted by atomic mass is 10.1. The molecule has 0 amide bonds. The van der Waals surface area contributed by atoms with Crippen LogP contribution >= 0.6 is 11.3 Å². The molecule has 0 saturated heterocycles. The predicted octanol–water partition coefficient (Wildman–Crippen LogP) is 5.35. The third kappa shape index (κ3) is 2.38. The number of aromatic amines is 1. The Morgan fingerprint density at radius 1 is 1.04 bits per heavy atom. The molecule has 3 heterocycles. The van der Waals surface area contributed by atoms with E-state index in [1.54, 1.807) is 29.7 Å². The Kier molecular flexibility index (Phi) is 3.33. The Morgan fingerprint density at radius 3 is 2.85 bits per heavy atom. The predicted molar refractivity (Wildman–Crippen MR) is 103 cm³/mol. The number of hydrogen-bond acceptors (Lipinski definition) is 4. The third-order valence-electron chi connectivity index (χ3n) is 4.31. The van der Waals surface area contributed by atoms with Crippen molar-refractivity contribution in [2.45, 2.75) is 6.92 Å². The summed E-state index contributed by atoms with van der Waals surface area (Å²) in [4.78, 5) is 16.8. The number of para-hydroxylation sites is 1. The average Bonchev–Trinajstić information content (AvgIpc) is 3.27. The van der Waals surface area contributed by atoms with Crippen LogP contribution in [0.25, 0.3) is 43.2 Å². The second-order valence-corrected chi connectivity index (χ2v) is 7.16. The lowest BCUT2D eigenvalue weighted by Crippen LogP contribution is -1.87. The maximum atomic E-state index is 14.3. The summed E-state index contributed by atoms with van der Waals surface area (Å²) < 4.78 is 15.3. The van der Waals surface area contributed by atoms with Gasteiger partial charge in [-0.05, 0) is 37.3 Å². The minimum atomic E-state index is -0.290. The standard InChI is InChI=1S/C20H13FN4S/c1-11-5-6-14(21)13(9-11)19-23-16-4-2-3-12(18(16)25-19)20-24-15-7-8-22-10-17(15)26-20/h2-10H,1H3,(H,23,25). The van der Waals surface area contributed by atoms with Gasteiger partial charge < -0.3 is 4.98 Å². The summed E-state index contributed by atoms with van der Waals surface area (Å²) in [6, 6.07) is 12.8. The molecule has 126 valence electrons. The molecule has 5 rings (SSSR count). The molecule has 0 fully saturated rings. The number of benzene rings is 2. The minimum Gasteiger partial charge on any atom is -0.338 e. The van der Waals surface area contributed by atoms with Crippen LogP contribution in [0.4, 0.5) is 4.39 Å². The molecule has 0 aliphatic carbocycles. The molecule has 0 atom stereocenters. The van der Waals surface area contributed by atoms with E-state index in [2.05, 4.69) is 15.0 Å². The Morgan fingerprint density at radius 2 is 1.96 bits per heavy atom. The minimum absolute atomic E-state index is 0.290. The highest BCUT2D eigenvalue weighted by atomic mass is 32.1. The number of aromatic nitrogens is 4. The van der Waals surface area contributed by atoms with Gasteiger partial charge in [0.15, 0.2) is 0 Å². The topological polar surface area (TPSA) is 54.5 Å². The van der Waals surface area contributed by atoms with E-state index in [0.717, 1.165) is 37.4 Å². The second-order valence-electron chi connectivity index (χ2n) is 6.13. The van der Waals surface area contributed by atoms with Gasteiger partial charge in [-0.1, -0.05) is 17.7 Å². The van der Waals surface area contributed by atoms with Crippen molar-refractivity contribution in [3.8, 4) is 22.0 Å². The number of H-pyrrole nitrogens is 1. The lowest BCUT2D eigenvalue weighted by Gasteiger charge is -2.00. The number of halogens is 1. The molecule has 1 N–H and O–H groups in total. The van der Waals surface area contributed by atoms with Gasteiger partial charge in [0, 0.05) is 18.0 Å². The highest BCUT2D eigenvalue weighted by Gasteiger charge is 2.15. The van der Waals surface area contributed by atoms with Crippen LogP contribution in [0.1, 0.15) is 5.56 Å². The first-order valence-corrected chi connectivity index (χ1v) is 8.97. The highest BCUT2D eigenvalue weighted by molar-refractivity contribution is 7.21. The first-order valence-electron chi connectivity index (χ1n) is 8.15. The van der Waals surface area contributed by atoms with Crippen LogP contribution < -0.4 is 0 Å². The van der Waals surface area contributed by atoms with E-state index >= 15 is 0 Å². The molecule has 0 unspecified atom stereocenters. The van der Waals surface area contributed by atoms with E-state index in [1.807, 2.05) is 37.4 Å². The van der Waals surface area contributed by atoms with Crippen LogP contribution in [0.5, 0.6) is 0 Å². The number of thiazole rings is 1. The molecule has 3 aromatic heterocycles. The summed E-state index contributed by atoms with van der Waals surface area (Å²) in [7, 11) is 0. The van der Waals surface area contributed by atoms with Gasteiger partial charge in [-0.25, -0.2) is 14.4 Å². The summed E-state index contributed by atoms with van der Waals surface area (Å²) in [5, 5.41) is 0.876. The summed E-state index contributed by atoms with van der Waals surface area (Å²) >= 11 is 1.57. The van der Waals surface area contributed by atoms with Crippen molar-refractivity contribution in [3.05, 3.63) is 66.2 Å². The van der Waals surface area contributed by atoms with Gasteiger partial charge in [-0.2, -0.15) is 0 Å². The van der Waals surface area contributed by atoms with Crippen molar-refractivity contribution in [3.63, 3.8) is 0 Å². The lowest BCUT2D eigenvalue weighted by molar-refractivity contribution is 0.630. The molecule has 0 spiro atoms. The molecule has 6 heteroatoms. The summed E-state index contributed by atoms with van der Waals surface area (Å²) in [5.41, 5.74) is 4.95. The fourth-order valence-corrected chi connectivity index (χ4v) is 4.01. The molecule has 2 aromatic carbocycles. The van der Waals surface area contributed by atoms with Gasteiger partial charge in [0.25, 0.3) is 0 Å². The molecule has 0 radical (unpaired) electrons. The first kappa shape index (κ1) is 15.2. The molecule has 5 aromatic rings. The Bertz CT molecular complexity index is 1240. The molecule has 0 aliphatic rings. The number of pyridine rings is 1. The van der Waals surface area contributed by atoms with Crippen LogP contribution in [0, 0.1) is 12.7 Å². The van der Waals surface area contributed by atoms with Gasteiger partial charge in [0.1, 0.15) is 16.6 Å². The highest BCUT2D eigenvalue weighted by Crippen LogP contribution is 2.34. The smallest absolute Gasteiger partial charge is 0.141 e. The van der Waals surface area contributed by atoms with Crippen LogP contribution in [0.3, 0.4) is 0 Å². The number of nitrogens with one attached hydrogen (secondary N) is 1. The summed E-state index contributed by atoms with van der Waals surface area (Å²) in [6.07, 6.45) is 3.55. The van der Waals surface area contributed by atoms with Crippen molar-refractivity contribution >= 4 is 32.6 Å². The third-order valence-corrected chi connectivity index (χ3v) is 5.35. The zero-order valence-corrected chi connectivity index (χ0v) is 14.6. The summed E-state index contributed by atoms with van der Waals surface area (Å²) in [6.45, 7) is 1.94. The fourth-order valence-electron chi connectivity index (χ4n) is 3.05. The molecule has 4 nitrogen and oxygen atoms in total. The van der Waals surface area contributed by atoms with Crippen molar-refractivity contribution in [1.82, 2.24) is 19.9 Å². The summed E-state index contributed by atoms with van der Waals surface area (Å²) in [5.74, 6) is 0.235. The zero-order valence-electron chi connectivity index (χ0n) is 13.8. The van der Waals surface area contributed by atoms with Gasteiger partial charge in [-0.3, -0.25) is 4.98 Å². The molecular weight excluding hydrogens is 347 g/mol. The average molecular weight is 360 g/mol. The van der Waals surface area contributed by atoms with Crippen molar-refractivity contribution < 1.29 is 4.39 Å². The maximum Gasteiger partial charge on any atom is 0.141 e. The first-order chi connectivity index (χ1) is 12.7. The van der Waals surface area contributed by atoms with E-state index in [4.69, 9.17) is 4.98 Å². The number of rotatable bonds is 2. The molecule has 0 saturated carbocycles. The molecular formula is C20H13FN4S. The van der Waals surface area contributed by atoms with E-state index in [9.17, 15) is 4.39 Å². The molecule has 0 bridgehead atoms. The van der Waals surface area contributed by atoms with Gasteiger partial charge >= 0.3 is 0 Å². The number of aryl methyl sites for hydroxylation is 1. The fraction of sp³-hybridized carbons (Fsp3) is 0.0500. The van der Waals surface area contributed by atoms with E-state index in [0.29, 0.717) is 11.4 Å². The van der Waals surface area contributed by atoms with Crippen LogP contribution in [0.15, 0.2) is 54.9 Å². The number of fused-ring (bicyclic) bond motifs is 2. The molecule has 26 heavy (non-hydrogen) atoms. The Labute approximate surface area is 152 Å². The number of imidazole rings is 1. The SMILES string of the molecule is Cc1ccc(F)c(-c2nc3c(-c4nc5ccncc5s4)cccc3[nH]2)c1. The van der Waals surface area contributed by atoms with Gasteiger partial charge in [-0.15, -0.1) is 11.3 Å². The maximum absolute atomic E-state index is 14.3. The van der Waals surface area contributed by atoms with Crippen molar-refractivity contribution in [2.24, 2.45) is 0 Å². The van der Waals surface area contributed by atoms with E-state index < -0.39 is 0 Å². The van der Waals surface area contributed by atoms with E-state index in [-0.39, 0.29) is 5.82 Å². The van der Waals surface area contributed by atoms with Crippen molar-refractivity contribution in [1.29, 1.82) is 0 Å². The van der Waals surface area contributed by atoms with Crippen LogP contribution in [0.2, 0.25) is 0 Å².